The minimum atomic E-state index is 0.640. The van der Waals surface area contributed by atoms with Gasteiger partial charge in [-0.05, 0) is 86.4 Å². The molecule has 4 nitrogen and oxygen atoms in total. The quantitative estimate of drug-likeness (QED) is 0.163. The van der Waals surface area contributed by atoms with Crippen LogP contribution in [0.25, 0.3) is 125 Å². The van der Waals surface area contributed by atoms with Gasteiger partial charge in [0.25, 0.3) is 0 Å². The zero-order chi connectivity index (χ0) is 40.7. The lowest BCUT2D eigenvalue weighted by atomic mass is 9.93. The highest BCUT2D eigenvalue weighted by molar-refractivity contribution is 7.26. The van der Waals surface area contributed by atoms with Gasteiger partial charge in [-0.2, -0.15) is 0 Å². The van der Waals surface area contributed by atoms with Gasteiger partial charge in [0.05, 0.1) is 16.7 Å². The van der Waals surface area contributed by atoms with E-state index in [0.717, 1.165) is 22.4 Å². The molecule has 288 valence electrons. The number of benzene rings is 10. The summed E-state index contributed by atoms with van der Waals surface area (Å²) < 4.78 is 4.88. The predicted octanol–water partition coefficient (Wildman–Crippen LogP) is 15.5. The molecular formula is C57H34N4S. The molecule has 0 amide bonds. The first-order valence-electron chi connectivity index (χ1n) is 20.9. The molecule has 0 aliphatic rings. The summed E-state index contributed by atoms with van der Waals surface area (Å²) in [7, 11) is 0. The minimum absolute atomic E-state index is 0.640. The van der Waals surface area contributed by atoms with Crippen LogP contribution in [0.1, 0.15) is 0 Å². The Kier molecular flexibility index (Phi) is 7.74. The fourth-order valence-corrected chi connectivity index (χ4v) is 10.8. The van der Waals surface area contributed by atoms with Crippen LogP contribution >= 0.6 is 11.3 Å². The van der Waals surface area contributed by atoms with Crippen LogP contribution in [0.2, 0.25) is 0 Å². The van der Waals surface area contributed by atoms with Gasteiger partial charge < -0.3 is 4.57 Å². The second-order valence-electron chi connectivity index (χ2n) is 15.9. The normalized spacial score (nSPS) is 11.9. The van der Waals surface area contributed by atoms with E-state index in [0.29, 0.717) is 17.5 Å². The molecule has 0 bridgehead atoms. The van der Waals surface area contributed by atoms with Crippen molar-refractivity contribution in [1.82, 2.24) is 19.5 Å². The van der Waals surface area contributed by atoms with Gasteiger partial charge in [0.15, 0.2) is 17.5 Å². The third-order valence-corrected chi connectivity index (χ3v) is 13.6. The van der Waals surface area contributed by atoms with Crippen LogP contribution < -0.4 is 0 Å². The molecule has 0 radical (unpaired) electrons. The second-order valence-corrected chi connectivity index (χ2v) is 17.0. The molecular weight excluding hydrogens is 773 g/mol. The maximum atomic E-state index is 5.28. The van der Waals surface area contributed by atoms with E-state index in [-0.39, 0.29) is 0 Å². The molecule has 0 saturated heterocycles. The first-order valence-corrected chi connectivity index (χ1v) is 21.8. The van der Waals surface area contributed by atoms with E-state index in [1.807, 2.05) is 29.5 Å². The lowest BCUT2D eigenvalue weighted by Crippen LogP contribution is -2.00. The molecule has 3 heterocycles. The van der Waals surface area contributed by atoms with E-state index in [1.165, 1.54) is 85.4 Å². The van der Waals surface area contributed by atoms with Gasteiger partial charge in [-0.1, -0.05) is 158 Å². The van der Waals surface area contributed by atoms with Crippen molar-refractivity contribution in [2.24, 2.45) is 0 Å². The number of rotatable bonds is 5. The zero-order valence-electron chi connectivity index (χ0n) is 33.3. The number of para-hydroxylation sites is 3. The van der Waals surface area contributed by atoms with Crippen molar-refractivity contribution < 1.29 is 0 Å². The van der Waals surface area contributed by atoms with Crippen LogP contribution in [-0.2, 0) is 0 Å². The van der Waals surface area contributed by atoms with Crippen LogP contribution in [0.15, 0.2) is 206 Å². The smallest absolute Gasteiger partial charge is 0.164 e. The van der Waals surface area contributed by atoms with Crippen molar-refractivity contribution in [1.29, 1.82) is 0 Å². The molecule has 0 spiro atoms. The highest BCUT2D eigenvalue weighted by atomic mass is 32.1. The minimum Gasteiger partial charge on any atom is -0.309 e. The summed E-state index contributed by atoms with van der Waals surface area (Å²) in [6.07, 6.45) is 0. The van der Waals surface area contributed by atoms with E-state index in [9.17, 15) is 0 Å². The molecule has 13 rings (SSSR count). The largest absolute Gasteiger partial charge is 0.309 e. The molecule has 0 aliphatic carbocycles. The van der Waals surface area contributed by atoms with Crippen molar-refractivity contribution in [3.05, 3.63) is 206 Å². The van der Waals surface area contributed by atoms with Crippen LogP contribution in [0.3, 0.4) is 0 Å². The number of fused-ring (bicyclic) bond motifs is 12. The maximum absolute atomic E-state index is 5.28. The lowest BCUT2D eigenvalue weighted by Gasteiger charge is -2.15. The average Bonchev–Trinajstić information content (AvgIpc) is 3.90. The molecule has 3 aromatic heterocycles. The number of hydrogen-bond donors (Lipinski definition) is 0. The van der Waals surface area contributed by atoms with E-state index < -0.39 is 0 Å². The molecule has 0 saturated carbocycles. The van der Waals surface area contributed by atoms with Gasteiger partial charge in [-0.3, -0.25) is 0 Å². The van der Waals surface area contributed by atoms with E-state index >= 15 is 0 Å². The number of nitrogens with zero attached hydrogens (tertiary/aromatic N) is 4. The fourth-order valence-electron chi connectivity index (χ4n) is 9.67. The SMILES string of the molecule is c1ccc(-c2nc(-c3ccc4c5ccccc5c5ccccc5c4c3)nc(-c3ccc4sc5cccc(-c6ccccc6-n6c7ccccc7c7ccccc76)c5c4c3)n2)cc1. The van der Waals surface area contributed by atoms with Crippen LogP contribution in [0.4, 0.5) is 0 Å². The highest BCUT2D eigenvalue weighted by Crippen LogP contribution is 2.44. The summed E-state index contributed by atoms with van der Waals surface area (Å²) in [6.45, 7) is 0. The number of aromatic nitrogens is 4. The van der Waals surface area contributed by atoms with Gasteiger partial charge in [0, 0.05) is 53.2 Å². The topological polar surface area (TPSA) is 43.6 Å². The van der Waals surface area contributed by atoms with E-state index in [2.05, 4.69) is 193 Å². The van der Waals surface area contributed by atoms with Crippen molar-refractivity contribution in [2.75, 3.05) is 0 Å². The summed E-state index contributed by atoms with van der Waals surface area (Å²) in [4.78, 5) is 15.6. The summed E-state index contributed by atoms with van der Waals surface area (Å²) in [5, 5.41) is 12.3. The summed E-state index contributed by atoms with van der Waals surface area (Å²) in [5.74, 6) is 1.93. The van der Waals surface area contributed by atoms with Crippen LogP contribution in [0.5, 0.6) is 0 Å². The van der Waals surface area contributed by atoms with Crippen molar-refractivity contribution >= 4 is 85.6 Å². The Morgan fingerprint density at radius 1 is 0.306 bits per heavy atom. The molecule has 10 aromatic carbocycles. The second kappa shape index (κ2) is 13.8. The molecule has 0 atom stereocenters. The summed E-state index contributed by atoms with van der Waals surface area (Å²) >= 11 is 1.83. The van der Waals surface area contributed by atoms with Gasteiger partial charge >= 0.3 is 0 Å². The Labute approximate surface area is 360 Å². The fraction of sp³-hybridized carbons (Fsp3) is 0. The first-order chi connectivity index (χ1) is 30.7. The van der Waals surface area contributed by atoms with Crippen molar-refractivity contribution in [3.8, 4) is 51.0 Å². The first kappa shape index (κ1) is 34.8. The number of hydrogen-bond acceptors (Lipinski definition) is 4. The third-order valence-electron chi connectivity index (χ3n) is 12.4. The standard InChI is InChI=1S/C57H34N4S/c1-2-15-35(16-3-1)55-58-56(36-29-31-42-40-19-5-4-17-38(40)39-18-6-7-20-41(39)47(42)33-36)60-57(59-55)37-30-32-52-48(34-37)54-46(24-14-28-53(54)62-52)45-23-10-13-27-51(45)61-49-25-11-8-21-43(49)44-22-9-12-26-50(44)61/h1-34H. The Hall–Kier alpha value is -7.99. The third kappa shape index (κ3) is 5.35. The van der Waals surface area contributed by atoms with Crippen molar-refractivity contribution in [3.63, 3.8) is 0 Å². The molecule has 0 unspecified atom stereocenters. The van der Waals surface area contributed by atoms with Gasteiger partial charge in [-0.25, -0.2) is 15.0 Å². The van der Waals surface area contributed by atoms with Crippen LogP contribution in [0, 0.1) is 0 Å². The number of thiophene rings is 1. The Morgan fingerprint density at radius 3 is 1.45 bits per heavy atom. The predicted molar refractivity (Wildman–Crippen MR) is 261 cm³/mol. The summed E-state index contributed by atoms with van der Waals surface area (Å²) in [6, 6.07) is 73.9. The van der Waals surface area contributed by atoms with E-state index in [4.69, 9.17) is 15.0 Å². The Morgan fingerprint density at radius 2 is 0.790 bits per heavy atom. The van der Waals surface area contributed by atoms with Gasteiger partial charge in [-0.15, -0.1) is 11.3 Å². The monoisotopic (exact) mass is 806 g/mol. The lowest BCUT2D eigenvalue weighted by molar-refractivity contribution is 1.08. The van der Waals surface area contributed by atoms with Crippen LogP contribution in [-0.4, -0.2) is 19.5 Å². The van der Waals surface area contributed by atoms with Gasteiger partial charge in [0.2, 0.25) is 0 Å². The molecule has 0 fully saturated rings. The van der Waals surface area contributed by atoms with E-state index in [1.54, 1.807) is 0 Å². The maximum Gasteiger partial charge on any atom is 0.164 e. The molecule has 5 heteroatoms. The average molecular weight is 807 g/mol. The molecule has 0 aliphatic heterocycles. The van der Waals surface area contributed by atoms with Gasteiger partial charge in [0.1, 0.15) is 0 Å². The highest BCUT2D eigenvalue weighted by Gasteiger charge is 2.20. The Bertz CT molecular complexity index is 3850. The van der Waals surface area contributed by atoms with Crippen molar-refractivity contribution in [2.45, 2.75) is 0 Å². The molecule has 0 N–H and O–H groups in total. The molecule has 62 heavy (non-hydrogen) atoms. The molecule has 13 aromatic rings. The Balaban J connectivity index is 1.01. The zero-order valence-corrected chi connectivity index (χ0v) is 34.1. The summed E-state index contributed by atoms with van der Waals surface area (Å²) in [5.41, 5.74) is 8.75.